The Labute approximate surface area is 175 Å². The number of methoxy groups -OCH3 is 1. The lowest BCUT2D eigenvalue weighted by Crippen LogP contribution is -2.24. The van der Waals surface area contributed by atoms with E-state index in [9.17, 15) is 18.0 Å². The van der Waals surface area contributed by atoms with Crippen molar-refractivity contribution in [1.29, 1.82) is 0 Å². The fourth-order valence-electron chi connectivity index (χ4n) is 4.32. The molecule has 2 aromatic rings. The fourth-order valence-corrected chi connectivity index (χ4v) is 5.56. The summed E-state index contributed by atoms with van der Waals surface area (Å²) in [4.78, 5) is 24.4. The lowest BCUT2D eigenvalue weighted by molar-refractivity contribution is -0.112. The first kappa shape index (κ1) is 20.4. The maximum absolute atomic E-state index is 12.8. The topological polar surface area (TPSA) is 94.5 Å². The number of anilines is 1. The summed E-state index contributed by atoms with van der Waals surface area (Å²) in [5.74, 6) is -1.67. The van der Waals surface area contributed by atoms with Gasteiger partial charge in [0.25, 0.3) is 5.91 Å². The van der Waals surface area contributed by atoms with Crippen LogP contribution in [-0.2, 0) is 45.2 Å². The van der Waals surface area contributed by atoms with Crippen LogP contribution >= 0.6 is 0 Å². The molecule has 0 fully saturated rings. The number of nitrogens with one attached hydrogen (secondary N) is 1. The van der Waals surface area contributed by atoms with E-state index in [1.54, 1.807) is 0 Å². The Bertz CT molecular complexity index is 1130. The van der Waals surface area contributed by atoms with Crippen molar-refractivity contribution < 1.29 is 22.7 Å². The van der Waals surface area contributed by atoms with Crippen molar-refractivity contribution in [3.05, 3.63) is 64.5 Å². The quantitative estimate of drug-likeness (QED) is 0.564. The van der Waals surface area contributed by atoms with Gasteiger partial charge in [-0.25, -0.2) is 13.2 Å². The molecule has 30 heavy (non-hydrogen) atoms. The van der Waals surface area contributed by atoms with Crippen molar-refractivity contribution in [3.63, 3.8) is 0 Å². The van der Waals surface area contributed by atoms with Gasteiger partial charge in [0.15, 0.2) is 0 Å². The van der Waals surface area contributed by atoms with Gasteiger partial charge >= 0.3 is 5.97 Å². The van der Waals surface area contributed by atoms with Crippen molar-refractivity contribution in [2.24, 2.45) is 0 Å². The molecule has 8 heteroatoms. The van der Waals surface area contributed by atoms with Crippen molar-refractivity contribution in [2.75, 3.05) is 18.2 Å². The van der Waals surface area contributed by atoms with Crippen LogP contribution in [0.2, 0.25) is 0 Å². The van der Waals surface area contributed by atoms with Crippen LogP contribution in [-0.4, -0.2) is 37.1 Å². The highest BCUT2D eigenvalue weighted by Gasteiger charge is 2.27. The van der Waals surface area contributed by atoms with E-state index < -0.39 is 27.7 Å². The third-order valence-corrected chi connectivity index (χ3v) is 7.38. The molecule has 0 aliphatic heterocycles. The summed E-state index contributed by atoms with van der Waals surface area (Å²) in [6, 6.07) is 3.62. The van der Waals surface area contributed by atoms with E-state index in [1.165, 1.54) is 47.8 Å². The van der Waals surface area contributed by atoms with Crippen LogP contribution in [0.15, 0.2) is 36.7 Å². The normalized spacial score (nSPS) is 14.8. The molecule has 158 valence electrons. The molecule has 0 unspecified atom stereocenters. The molecule has 2 aliphatic rings. The fraction of sp³-hybridized carbons (Fsp3) is 0.364. The Morgan fingerprint density at radius 1 is 1.13 bits per heavy atom. The van der Waals surface area contributed by atoms with Crippen LogP contribution in [0.1, 0.15) is 45.5 Å². The monoisotopic (exact) mass is 428 g/mol. The predicted molar refractivity (Wildman–Crippen MR) is 113 cm³/mol. The van der Waals surface area contributed by atoms with Gasteiger partial charge < -0.3 is 10.1 Å². The summed E-state index contributed by atoms with van der Waals surface area (Å²) >= 11 is 0. The zero-order chi connectivity index (χ0) is 21.5. The molecular formula is C22H24N2O5S. The summed E-state index contributed by atoms with van der Waals surface area (Å²) in [6.07, 6.45) is 8.41. The van der Waals surface area contributed by atoms with Crippen LogP contribution in [0, 0.1) is 0 Å². The highest BCUT2D eigenvalue weighted by atomic mass is 32.2. The zero-order valence-corrected chi connectivity index (χ0v) is 17.7. The van der Waals surface area contributed by atoms with Gasteiger partial charge in [0.05, 0.1) is 18.4 Å². The number of benzene rings is 1. The molecular weight excluding hydrogens is 404 g/mol. The molecule has 4 rings (SSSR count). The average molecular weight is 429 g/mol. The maximum atomic E-state index is 12.8. The molecule has 1 aromatic carbocycles. The number of ether oxygens (including phenoxy) is 1. The number of carbonyl (C=O) groups excluding carboxylic acids is 2. The van der Waals surface area contributed by atoms with Crippen LogP contribution in [0.4, 0.5) is 5.69 Å². The number of carbonyl (C=O) groups is 2. The smallest absolute Gasteiger partial charge is 0.339 e. The van der Waals surface area contributed by atoms with Gasteiger partial charge in [-0.2, -0.15) is 0 Å². The molecule has 0 atom stereocenters. The summed E-state index contributed by atoms with van der Waals surface area (Å²) in [6.45, 7) is 3.71. The third kappa shape index (κ3) is 3.67. The van der Waals surface area contributed by atoms with Crippen molar-refractivity contribution in [2.45, 2.75) is 38.5 Å². The molecule has 7 nitrogen and oxygen atoms in total. The Morgan fingerprint density at radius 3 is 2.37 bits per heavy atom. The minimum atomic E-state index is -3.89. The lowest BCUT2D eigenvalue weighted by Gasteiger charge is -2.17. The largest absolute Gasteiger partial charge is 0.465 e. The van der Waals surface area contributed by atoms with E-state index in [0.717, 1.165) is 48.2 Å². The maximum Gasteiger partial charge on any atom is 0.339 e. The Hall–Kier alpha value is -2.87. The van der Waals surface area contributed by atoms with E-state index in [0.29, 0.717) is 0 Å². The van der Waals surface area contributed by atoms with Crippen molar-refractivity contribution >= 4 is 27.6 Å². The summed E-state index contributed by atoms with van der Waals surface area (Å²) in [5, 5.41) is 2.96. The molecule has 1 heterocycles. The van der Waals surface area contributed by atoms with Crippen molar-refractivity contribution in [3.8, 4) is 0 Å². The number of hydrogen-bond acceptors (Lipinski definition) is 5. The summed E-state index contributed by atoms with van der Waals surface area (Å²) < 4.78 is 30.8. The number of hydrogen-bond donors (Lipinski definition) is 1. The van der Waals surface area contributed by atoms with Gasteiger partial charge in [-0.3, -0.25) is 8.77 Å². The van der Waals surface area contributed by atoms with Gasteiger partial charge in [-0.05, 0) is 66.8 Å². The van der Waals surface area contributed by atoms with Gasteiger partial charge in [-0.15, -0.1) is 0 Å². The summed E-state index contributed by atoms with van der Waals surface area (Å²) in [5.41, 5.74) is 5.84. The second-order valence-corrected chi connectivity index (χ2v) is 9.64. The number of rotatable bonds is 6. The predicted octanol–water partition coefficient (Wildman–Crippen LogP) is 2.62. The number of amides is 1. The standard InChI is InChI=1S/C22H24N2O5S/c1-14(13-30(27,28)24-10-9-17(12-24)22(26)29-2)21(25)23-20-18-7-3-5-15(18)11-16-6-4-8-19(16)20/h9-12H,1,3-8,13H2,2H3,(H,23,25). The number of aromatic nitrogens is 1. The SMILES string of the molecule is C=C(CS(=O)(=O)n1ccc(C(=O)OC)c1)C(=O)Nc1c2c(cc3c1CCC3)CCC2. The van der Waals surface area contributed by atoms with Gasteiger partial charge in [0, 0.05) is 23.7 Å². The lowest BCUT2D eigenvalue weighted by atomic mass is 9.98. The van der Waals surface area contributed by atoms with Crippen LogP contribution < -0.4 is 5.32 Å². The average Bonchev–Trinajstić information content (AvgIpc) is 3.46. The Morgan fingerprint density at radius 2 is 1.77 bits per heavy atom. The second-order valence-electron chi connectivity index (χ2n) is 7.77. The molecule has 1 amide bonds. The third-order valence-electron chi connectivity index (χ3n) is 5.80. The molecule has 0 spiro atoms. The highest BCUT2D eigenvalue weighted by molar-refractivity contribution is 7.90. The molecule has 0 radical (unpaired) electrons. The van der Waals surface area contributed by atoms with E-state index in [1.807, 2.05) is 0 Å². The molecule has 0 saturated heterocycles. The highest BCUT2D eigenvalue weighted by Crippen LogP contribution is 2.38. The molecule has 0 bridgehead atoms. The number of aryl methyl sites for hydroxylation is 2. The zero-order valence-electron chi connectivity index (χ0n) is 16.9. The van der Waals surface area contributed by atoms with E-state index in [-0.39, 0.29) is 11.1 Å². The first-order chi connectivity index (χ1) is 14.3. The van der Waals surface area contributed by atoms with E-state index >= 15 is 0 Å². The van der Waals surface area contributed by atoms with Crippen LogP contribution in [0.3, 0.4) is 0 Å². The summed E-state index contributed by atoms with van der Waals surface area (Å²) in [7, 11) is -2.67. The number of esters is 1. The van der Waals surface area contributed by atoms with E-state index in [4.69, 9.17) is 0 Å². The first-order valence-electron chi connectivity index (χ1n) is 9.95. The molecule has 1 N–H and O–H groups in total. The van der Waals surface area contributed by atoms with Gasteiger partial charge in [0.1, 0.15) is 0 Å². The number of fused-ring (bicyclic) bond motifs is 2. The van der Waals surface area contributed by atoms with Gasteiger partial charge in [0.2, 0.25) is 10.0 Å². The van der Waals surface area contributed by atoms with Gasteiger partial charge in [-0.1, -0.05) is 12.6 Å². The molecule has 1 aromatic heterocycles. The van der Waals surface area contributed by atoms with E-state index in [2.05, 4.69) is 22.7 Å². The second kappa shape index (κ2) is 7.75. The minimum Gasteiger partial charge on any atom is -0.465 e. The first-order valence-corrected chi connectivity index (χ1v) is 11.6. The molecule has 0 saturated carbocycles. The number of nitrogens with zero attached hydrogens (tertiary/aromatic N) is 1. The van der Waals surface area contributed by atoms with Crippen LogP contribution in [0.5, 0.6) is 0 Å². The Balaban J connectivity index is 1.52. The van der Waals surface area contributed by atoms with Crippen molar-refractivity contribution in [1.82, 2.24) is 3.97 Å². The minimum absolute atomic E-state index is 0.0503. The Kier molecular flexibility index (Phi) is 5.27. The molecule has 2 aliphatic carbocycles. The van der Waals surface area contributed by atoms with Crippen LogP contribution in [0.25, 0.3) is 0 Å².